The first-order valence-electron chi connectivity index (χ1n) is 5.58. The van der Waals surface area contributed by atoms with E-state index in [-0.39, 0.29) is 6.04 Å². The van der Waals surface area contributed by atoms with E-state index >= 15 is 0 Å². The SMILES string of the molecule is CCC(N)Cc1cc(Br)c(OCC(F)F)c(Br)c1. The normalized spacial score (nSPS) is 12.8. The van der Waals surface area contributed by atoms with Crippen LogP contribution in [0.15, 0.2) is 21.1 Å². The van der Waals surface area contributed by atoms with Gasteiger partial charge in [-0.25, -0.2) is 8.78 Å². The Balaban J connectivity index is 2.83. The van der Waals surface area contributed by atoms with Gasteiger partial charge in [0.05, 0.1) is 8.95 Å². The summed E-state index contributed by atoms with van der Waals surface area (Å²) in [4.78, 5) is 0. The lowest BCUT2D eigenvalue weighted by molar-refractivity contribution is 0.0811. The molecular formula is C12H15Br2F2NO. The average Bonchev–Trinajstić information content (AvgIpc) is 2.27. The zero-order valence-corrected chi connectivity index (χ0v) is 13.1. The van der Waals surface area contributed by atoms with Crippen LogP contribution in [-0.2, 0) is 6.42 Å². The van der Waals surface area contributed by atoms with Crippen LogP contribution in [0.25, 0.3) is 0 Å². The second-order valence-electron chi connectivity index (χ2n) is 3.96. The quantitative estimate of drug-likeness (QED) is 0.797. The lowest BCUT2D eigenvalue weighted by Crippen LogP contribution is -2.21. The summed E-state index contributed by atoms with van der Waals surface area (Å²) in [6.45, 7) is 1.40. The molecule has 1 rings (SSSR count). The predicted octanol–water partition coefficient (Wildman–Crippen LogP) is 4.14. The van der Waals surface area contributed by atoms with Crippen LogP contribution >= 0.6 is 31.9 Å². The van der Waals surface area contributed by atoms with Crippen molar-refractivity contribution in [3.8, 4) is 5.75 Å². The van der Waals surface area contributed by atoms with Crippen molar-refractivity contribution in [3.05, 3.63) is 26.6 Å². The number of hydrogen-bond donors (Lipinski definition) is 1. The summed E-state index contributed by atoms with van der Waals surface area (Å²) in [6.07, 6.45) is -0.862. The molecule has 0 aromatic heterocycles. The summed E-state index contributed by atoms with van der Waals surface area (Å²) < 4.78 is 30.6. The molecule has 0 aliphatic rings. The van der Waals surface area contributed by atoms with Gasteiger partial charge in [0.15, 0.2) is 0 Å². The zero-order chi connectivity index (χ0) is 13.7. The average molecular weight is 387 g/mol. The number of hydrogen-bond acceptors (Lipinski definition) is 2. The summed E-state index contributed by atoms with van der Waals surface area (Å²) >= 11 is 6.64. The highest BCUT2D eigenvalue weighted by Crippen LogP contribution is 2.35. The Morgan fingerprint density at radius 3 is 2.28 bits per heavy atom. The van der Waals surface area contributed by atoms with Gasteiger partial charge in [-0.3, -0.25) is 0 Å². The van der Waals surface area contributed by atoms with Crippen LogP contribution in [0.1, 0.15) is 18.9 Å². The fourth-order valence-electron chi connectivity index (χ4n) is 1.46. The minimum absolute atomic E-state index is 0.0941. The molecule has 0 fully saturated rings. The van der Waals surface area contributed by atoms with E-state index in [2.05, 4.69) is 31.9 Å². The molecule has 2 nitrogen and oxygen atoms in total. The van der Waals surface area contributed by atoms with Gasteiger partial charge < -0.3 is 10.5 Å². The smallest absolute Gasteiger partial charge is 0.272 e. The molecule has 6 heteroatoms. The Morgan fingerprint density at radius 2 is 1.83 bits per heavy atom. The van der Waals surface area contributed by atoms with Gasteiger partial charge in [-0.05, 0) is 62.4 Å². The fourth-order valence-corrected chi connectivity index (χ4v) is 2.97. The number of benzene rings is 1. The summed E-state index contributed by atoms with van der Waals surface area (Å²) in [5.41, 5.74) is 6.92. The second kappa shape index (κ2) is 7.40. The molecule has 0 bridgehead atoms. The van der Waals surface area contributed by atoms with Gasteiger partial charge >= 0.3 is 0 Å². The Kier molecular flexibility index (Phi) is 6.52. The summed E-state index contributed by atoms with van der Waals surface area (Å²) in [7, 11) is 0. The molecule has 0 saturated heterocycles. The van der Waals surface area contributed by atoms with E-state index in [1.165, 1.54) is 0 Å². The Morgan fingerprint density at radius 1 is 1.28 bits per heavy atom. The van der Waals surface area contributed by atoms with Crippen molar-refractivity contribution in [1.82, 2.24) is 0 Å². The fraction of sp³-hybridized carbons (Fsp3) is 0.500. The third-order valence-corrected chi connectivity index (χ3v) is 3.61. The molecule has 2 N–H and O–H groups in total. The molecule has 0 spiro atoms. The first-order chi connectivity index (χ1) is 8.43. The van der Waals surface area contributed by atoms with Crippen LogP contribution in [0.3, 0.4) is 0 Å². The van der Waals surface area contributed by atoms with Gasteiger partial charge in [-0.1, -0.05) is 6.92 Å². The molecule has 102 valence electrons. The standard InChI is InChI=1S/C12H15Br2F2NO/c1-2-8(17)3-7-4-9(13)12(10(14)5-7)18-6-11(15)16/h4-5,8,11H,2-3,6,17H2,1H3. The van der Waals surface area contributed by atoms with Crippen molar-refractivity contribution in [1.29, 1.82) is 0 Å². The molecule has 1 aromatic rings. The number of halogens is 4. The number of rotatable bonds is 6. The minimum atomic E-state index is -2.49. The van der Waals surface area contributed by atoms with Gasteiger partial charge in [0, 0.05) is 6.04 Å². The maximum Gasteiger partial charge on any atom is 0.272 e. The monoisotopic (exact) mass is 385 g/mol. The van der Waals surface area contributed by atoms with Crippen LogP contribution < -0.4 is 10.5 Å². The van der Waals surface area contributed by atoms with Gasteiger partial charge in [-0.15, -0.1) is 0 Å². The lowest BCUT2D eigenvalue weighted by Gasteiger charge is -2.14. The largest absolute Gasteiger partial charge is 0.485 e. The molecule has 0 aliphatic carbocycles. The maximum atomic E-state index is 12.1. The topological polar surface area (TPSA) is 35.2 Å². The summed E-state index contributed by atoms with van der Waals surface area (Å²) in [5, 5.41) is 0. The second-order valence-corrected chi connectivity index (χ2v) is 5.67. The van der Waals surface area contributed by atoms with E-state index in [4.69, 9.17) is 10.5 Å². The number of ether oxygens (including phenoxy) is 1. The van der Waals surface area contributed by atoms with E-state index in [9.17, 15) is 8.78 Å². The van der Waals surface area contributed by atoms with Gasteiger partial charge in [0.25, 0.3) is 6.43 Å². The van der Waals surface area contributed by atoms with Crippen molar-refractivity contribution in [2.24, 2.45) is 5.73 Å². The first-order valence-corrected chi connectivity index (χ1v) is 7.17. The molecular weight excluding hydrogens is 372 g/mol. The molecule has 0 amide bonds. The molecule has 18 heavy (non-hydrogen) atoms. The van der Waals surface area contributed by atoms with Crippen molar-refractivity contribution < 1.29 is 13.5 Å². The van der Waals surface area contributed by atoms with Crippen LogP contribution in [0.4, 0.5) is 8.78 Å². The van der Waals surface area contributed by atoms with Crippen LogP contribution in [0.5, 0.6) is 5.75 Å². The highest BCUT2D eigenvalue weighted by atomic mass is 79.9. The molecule has 0 aliphatic heterocycles. The van der Waals surface area contributed by atoms with E-state index in [0.717, 1.165) is 18.4 Å². The molecule has 1 atom stereocenters. The molecule has 0 heterocycles. The van der Waals surface area contributed by atoms with Gasteiger partial charge in [0.1, 0.15) is 12.4 Å². The number of nitrogens with two attached hydrogens (primary N) is 1. The predicted molar refractivity (Wildman–Crippen MR) is 75.3 cm³/mol. The van der Waals surface area contributed by atoms with Crippen LogP contribution in [0.2, 0.25) is 0 Å². The van der Waals surface area contributed by atoms with E-state index in [1.807, 2.05) is 19.1 Å². The lowest BCUT2D eigenvalue weighted by atomic mass is 10.0. The van der Waals surface area contributed by atoms with E-state index < -0.39 is 13.0 Å². The Hall–Kier alpha value is -0.200. The molecule has 1 aromatic carbocycles. The van der Waals surface area contributed by atoms with Crippen LogP contribution in [-0.4, -0.2) is 19.1 Å². The highest BCUT2D eigenvalue weighted by molar-refractivity contribution is 9.11. The summed E-state index contributed by atoms with van der Waals surface area (Å²) in [6, 6.07) is 3.79. The molecule has 0 radical (unpaired) electrons. The van der Waals surface area contributed by atoms with E-state index in [0.29, 0.717) is 14.7 Å². The van der Waals surface area contributed by atoms with Crippen molar-refractivity contribution in [3.63, 3.8) is 0 Å². The van der Waals surface area contributed by atoms with Crippen molar-refractivity contribution in [2.75, 3.05) is 6.61 Å². The third kappa shape index (κ3) is 4.82. The van der Waals surface area contributed by atoms with Gasteiger partial charge in [-0.2, -0.15) is 0 Å². The van der Waals surface area contributed by atoms with E-state index in [1.54, 1.807) is 0 Å². The van der Waals surface area contributed by atoms with Crippen molar-refractivity contribution >= 4 is 31.9 Å². The Labute approximate surface area is 122 Å². The zero-order valence-electron chi connectivity index (χ0n) is 9.93. The van der Waals surface area contributed by atoms with Gasteiger partial charge in [0.2, 0.25) is 0 Å². The Bertz CT molecular complexity index is 379. The summed E-state index contributed by atoms with van der Waals surface area (Å²) in [5.74, 6) is 0.393. The third-order valence-electron chi connectivity index (χ3n) is 2.43. The number of alkyl halides is 2. The molecule has 0 saturated carbocycles. The first kappa shape index (κ1) is 15.9. The highest BCUT2D eigenvalue weighted by Gasteiger charge is 2.13. The molecule has 1 unspecified atom stereocenters. The van der Waals surface area contributed by atoms with Crippen molar-refractivity contribution in [2.45, 2.75) is 32.2 Å². The maximum absolute atomic E-state index is 12.1. The van der Waals surface area contributed by atoms with Crippen LogP contribution in [0, 0.1) is 0 Å². The minimum Gasteiger partial charge on any atom is -0.485 e.